The fourth-order valence-corrected chi connectivity index (χ4v) is 5.03. The molecule has 0 radical (unpaired) electrons. The Morgan fingerprint density at radius 2 is 1.89 bits per heavy atom. The smallest absolute Gasteiger partial charge is 0.321 e. The van der Waals surface area contributed by atoms with Crippen LogP contribution in [0.3, 0.4) is 0 Å². The van der Waals surface area contributed by atoms with Gasteiger partial charge in [0, 0.05) is 49.6 Å². The van der Waals surface area contributed by atoms with Crippen molar-refractivity contribution in [2.45, 2.75) is 52.9 Å². The monoisotopic (exact) mass is 520 g/mol. The van der Waals surface area contributed by atoms with Crippen LogP contribution in [-0.2, 0) is 4.79 Å². The van der Waals surface area contributed by atoms with Gasteiger partial charge in [-0.1, -0.05) is 36.5 Å². The number of urea groups is 1. The zero-order valence-electron chi connectivity index (χ0n) is 21.4. The summed E-state index contributed by atoms with van der Waals surface area (Å²) >= 11 is 1.40. The third kappa shape index (κ3) is 6.17. The second-order valence-electron chi connectivity index (χ2n) is 9.41. The summed E-state index contributed by atoms with van der Waals surface area (Å²) in [5, 5.41) is 15.5. The molecule has 0 saturated carbocycles. The fraction of sp³-hybridized carbons (Fsp3) is 0.444. The minimum absolute atomic E-state index is 0.289. The highest BCUT2D eigenvalue weighted by Gasteiger charge is 2.37. The van der Waals surface area contributed by atoms with E-state index in [0.29, 0.717) is 43.6 Å². The highest BCUT2D eigenvalue weighted by Crippen LogP contribution is 2.34. The summed E-state index contributed by atoms with van der Waals surface area (Å²) in [7, 11) is 0. The highest BCUT2D eigenvalue weighted by molar-refractivity contribution is 7.22. The average Bonchev–Trinajstić information content (AvgIpc) is 3.29. The molecule has 3 heterocycles. The lowest BCUT2D eigenvalue weighted by molar-refractivity contribution is -0.149. The van der Waals surface area contributed by atoms with Gasteiger partial charge in [-0.25, -0.2) is 19.7 Å². The predicted octanol–water partition coefficient (Wildman–Crippen LogP) is 5.13. The van der Waals surface area contributed by atoms with Gasteiger partial charge in [0.05, 0.1) is 15.6 Å². The van der Waals surface area contributed by atoms with Crippen molar-refractivity contribution in [3.8, 4) is 23.0 Å². The number of rotatable bonds is 7. The van der Waals surface area contributed by atoms with Gasteiger partial charge in [0.2, 0.25) is 5.95 Å². The number of anilines is 2. The average molecular weight is 521 g/mol. The molecule has 1 aliphatic heterocycles. The van der Waals surface area contributed by atoms with E-state index in [1.807, 2.05) is 24.0 Å². The Kier molecular flexibility index (Phi) is 8.24. The van der Waals surface area contributed by atoms with Gasteiger partial charge in [-0.15, -0.1) is 0 Å². The largest absolute Gasteiger partial charge is 0.481 e. The Morgan fingerprint density at radius 1 is 1.16 bits per heavy atom. The molecule has 1 aliphatic rings. The van der Waals surface area contributed by atoms with Crippen LogP contribution in [0, 0.1) is 17.3 Å². The summed E-state index contributed by atoms with van der Waals surface area (Å²) < 4.78 is 0.923. The molecule has 194 valence electrons. The van der Waals surface area contributed by atoms with Crippen LogP contribution in [0.1, 0.15) is 58.4 Å². The van der Waals surface area contributed by atoms with Gasteiger partial charge in [-0.05, 0) is 50.8 Å². The number of carboxylic acid groups (broad SMARTS) is 1. The number of amides is 2. The van der Waals surface area contributed by atoms with Crippen molar-refractivity contribution in [1.82, 2.24) is 20.3 Å². The highest BCUT2D eigenvalue weighted by atomic mass is 32.1. The van der Waals surface area contributed by atoms with Crippen molar-refractivity contribution in [2.75, 3.05) is 29.9 Å². The molecule has 0 spiro atoms. The van der Waals surface area contributed by atoms with Crippen LogP contribution in [0.4, 0.5) is 15.9 Å². The SMILES string of the molecule is CCCCC#Cc1cc(-c2cnc(N3CCC(C)(C(=O)O)CC3)nc2)cc2nc(NC(=O)NCC)sc12. The molecule has 1 aromatic carbocycles. The molecule has 9 nitrogen and oxygen atoms in total. The number of carbonyl (C=O) groups excluding carboxylic acids is 1. The lowest BCUT2D eigenvalue weighted by Crippen LogP contribution is -2.43. The van der Waals surface area contributed by atoms with E-state index in [1.165, 1.54) is 11.3 Å². The Bertz CT molecular complexity index is 1330. The van der Waals surface area contributed by atoms with E-state index in [2.05, 4.69) is 44.4 Å². The van der Waals surface area contributed by atoms with Crippen molar-refractivity contribution in [1.29, 1.82) is 0 Å². The zero-order valence-corrected chi connectivity index (χ0v) is 22.2. The molecule has 0 aliphatic carbocycles. The Morgan fingerprint density at radius 3 is 2.54 bits per heavy atom. The zero-order chi connectivity index (χ0) is 26.4. The van der Waals surface area contributed by atoms with Gasteiger partial charge >= 0.3 is 12.0 Å². The first-order chi connectivity index (χ1) is 17.8. The molecule has 1 saturated heterocycles. The van der Waals surface area contributed by atoms with E-state index in [1.54, 1.807) is 19.3 Å². The first kappa shape index (κ1) is 26.4. The van der Waals surface area contributed by atoms with Gasteiger partial charge in [0.15, 0.2) is 5.13 Å². The van der Waals surface area contributed by atoms with Gasteiger partial charge in [-0.2, -0.15) is 0 Å². The van der Waals surface area contributed by atoms with Crippen LogP contribution in [0.15, 0.2) is 24.5 Å². The number of aromatic nitrogens is 3. The predicted molar refractivity (Wildman–Crippen MR) is 147 cm³/mol. The van der Waals surface area contributed by atoms with Crippen LogP contribution in [0.2, 0.25) is 0 Å². The molecule has 3 N–H and O–H groups in total. The number of carboxylic acids is 1. The number of thiazole rings is 1. The summed E-state index contributed by atoms with van der Waals surface area (Å²) in [5.41, 5.74) is 2.64. The molecule has 2 aromatic heterocycles. The second kappa shape index (κ2) is 11.6. The second-order valence-corrected chi connectivity index (χ2v) is 10.4. The Balaban J connectivity index is 1.60. The van der Waals surface area contributed by atoms with Gasteiger partial charge < -0.3 is 15.3 Å². The standard InChI is InChI=1S/C27H32N6O3S/c1-4-6-7-8-9-18-14-19(15-21-22(18)37-26(31-21)32-25(36)28-5-2)20-16-29-24(30-17-20)33-12-10-27(3,11-13-33)23(34)35/h14-17H,4-7,10-13H2,1-3H3,(H,34,35)(H2,28,31,32,36). The van der Waals surface area contributed by atoms with Gasteiger partial charge in [-0.3, -0.25) is 10.1 Å². The lowest BCUT2D eigenvalue weighted by Gasteiger charge is -2.36. The maximum atomic E-state index is 12.0. The van der Waals surface area contributed by atoms with E-state index in [-0.39, 0.29) is 6.03 Å². The lowest BCUT2D eigenvalue weighted by atomic mass is 9.80. The Hall–Kier alpha value is -3.71. The van der Waals surface area contributed by atoms with E-state index in [0.717, 1.165) is 46.2 Å². The number of fused-ring (bicyclic) bond motifs is 1. The fourth-order valence-electron chi connectivity index (χ4n) is 4.12. The number of aliphatic carboxylic acids is 1. The van der Waals surface area contributed by atoms with Crippen molar-refractivity contribution >= 4 is 44.6 Å². The molecular formula is C27H32N6O3S. The van der Waals surface area contributed by atoms with Crippen LogP contribution in [0.5, 0.6) is 0 Å². The normalized spacial score (nSPS) is 14.6. The third-order valence-electron chi connectivity index (χ3n) is 6.56. The minimum atomic E-state index is -0.751. The topological polar surface area (TPSA) is 120 Å². The number of piperidine rings is 1. The van der Waals surface area contributed by atoms with Crippen LogP contribution in [-0.4, -0.2) is 51.7 Å². The number of nitrogens with zero attached hydrogens (tertiary/aromatic N) is 4. The van der Waals surface area contributed by atoms with Gasteiger partial charge in [0.1, 0.15) is 0 Å². The minimum Gasteiger partial charge on any atom is -0.481 e. The molecule has 0 bridgehead atoms. The van der Waals surface area contributed by atoms with Crippen LogP contribution >= 0.6 is 11.3 Å². The van der Waals surface area contributed by atoms with Crippen LogP contribution < -0.4 is 15.5 Å². The summed E-state index contributed by atoms with van der Waals surface area (Å²) in [6.07, 6.45) is 7.62. The van der Waals surface area contributed by atoms with E-state index in [4.69, 9.17) is 0 Å². The molecule has 1 fully saturated rings. The summed E-state index contributed by atoms with van der Waals surface area (Å²) in [6.45, 7) is 7.53. The first-order valence-electron chi connectivity index (χ1n) is 12.6. The molecule has 2 amide bonds. The van der Waals surface area contributed by atoms with Crippen molar-refractivity contribution < 1.29 is 14.7 Å². The molecule has 37 heavy (non-hydrogen) atoms. The first-order valence-corrected chi connectivity index (χ1v) is 13.4. The van der Waals surface area contributed by atoms with Gasteiger partial charge in [0.25, 0.3) is 0 Å². The maximum Gasteiger partial charge on any atom is 0.321 e. The summed E-state index contributed by atoms with van der Waals surface area (Å²) in [6, 6.07) is 3.69. The van der Waals surface area contributed by atoms with E-state index < -0.39 is 11.4 Å². The molecular weight excluding hydrogens is 488 g/mol. The molecule has 4 rings (SSSR count). The van der Waals surface area contributed by atoms with Crippen LogP contribution in [0.25, 0.3) is 21.3 Å². The molecule has 10 heteroatoms. The number of nitrogens with one attached hydrogen (secondary N) is 2. The molecule has 3 aromatic rings. The van der Waals surface area contributed by atoms with E-state index in [9.17, 15) is 14.7 Å². The van der Waals surface area contributed by atoms with Crippen molar-refractivity contribution in [3.63, 3.8) is 0 Å². The molecule has 0 atom stereocenters. The summed E-state index contributed by atoms with van der Waals surface area (Å²) in [5.74, 6) is 6.40. The van der Waals surface area contributed by atoms with Crippen molar-refractivity contribution in [3.05, 3.63) is 30.1 Å². The van der Waals surface area contributed by atoms with E-state index >= 15 is 0 Å². The number of hydrogen-bond donors (Lipinski definition) is 3. The van der Waals surface area contributed by atoms with Crippen molar-refractivity contribution in [2.24, 2.45) is 5.41 Å². The third-order valence-corrected chi connectivity index (χ3v) is 7.58. The number of unbranched alkanes of at least 4 members (excludes halogenated alkanes) is 2. The quantitative estimate of drug-likeness (QED) is 0.292. The maximum absolute atomic E-state index is 12.0. The number of carbonyl (C=O) groups is 2. The number of hydrogen-bond acceptors (Lipinski definition) is 7. The number of benzene rings is 1. The summed E-state index contributed by atoms with van der Waals surface area (Å²) in [4.78, 5) is 39.4. The Labute approximate surface area is 220 Å². The molecule has 0 unspecified atom stereocenters.